The molecule has 1 amide bonds. The molecular weight excluding hydrogens is 282 g/mol. The molecule has 0 aliphatic rings. The van der Waals surface area contributed by atoms with E-state index in [1.54, 1.807) is 0 Å². The van der Waals surface area contributed by atoms with E-state index in [0.29, 0.717) is 12.1 Å². The first kappa shape index (κ1) is 16.0. The summed E-state index contributed by atoms with van der Waals surface area (Å²) in [5.41, 5.74) is 2.43. The van der Waals surface area contributed by atoms with E-state index in [1.807, 2.05) is 49.6 Å². The molecule has 0 spiro atoms. The van der Waals surface area contributed by atoms with Crippen molar-refractivity contribution in [1.82, 2.24) is 14.7 Å². The minimum Gasteiger partial charge on any atom is -0.480 e. The zero-order valence-corrected chi connectivity index (χ0v) is 13.0. The summed E-state index contributed by atoms with van der Waals surface area (Å²) in [4.78, 5) is 27.6. The van der Waals surface area contributed by atoms with Gasteiger partial charge in [0.25, 0.3) is 0 Å². The molecule has 1 atom stereocenters. The number of hydrogen-bond acceptors (Lipinski definition) is 3. The molecule has 2 heterocycles. The van der Waals surface area contributed by atoms with E-state index in [1.165, 1.54) is 0 Å². The van der Waals surface area contributed by atoms with E-state index in [-0.39, 0.29) is 18.2 Å². The van der Waals surface area contributed by atoms with Gasteiger partial charge >= 0.3 is 5.97 Å². The highest BCUT2D eigenvalue weighted by molar-refractivity contribution is 5.84. The Balaban J connectivity index is 2.06. The van der Waals surface area contributed by atoms with Crippen molar-refractivity contribution in [3.8, 4) is 0 Å². The molecule has 118 valence electrons. The van der Waals surface area contributed by atoms with Gasteiger partial charge in [-0.15, -0.1) is 0 Å². The van der Waals surface area contributed by atoms with E-state index in [4.69, 9.17) is 5.11 Å². The number of nitrogens with zero attached hydrogens (tertiary/aromatic N) is 2. The van der Waals surface area contributed by atoms with Gasteiger partial charge in [0, 0.05) is 11.9 Å². The third-order valence-corrected chi connectivity index (χ3v) is 3.43. The summed E-state index contributed by atoms with van der Waals surface area (Å²) in [5.74, 6) is -1.14. The number of carbonyl (C=O) groups is 2. The largest absolute Gasteiger partial charge is 0.480 e. The Morgan fingerprint density at radius 1 is 1.36 bits per heavy atom. The Kier molecular flexibility index (Phi) is 4.80. The highest BCUT2D eigenvalue weighted by atomic mass is 16.4. The Morgan fingerprint density at radius 3 is 2.68 bits per heavy atom. The van der Waals surface area contributed by atoms with Gasteiger partial charge in [0.2, 0.25) is 5.91 Å². The van der Waals surface area contributed by atoms with Crippen LogP contribution in [0.25, 0.3) is 5.65 Å². The van der Waals surface area contributed by atoms with Gasteiger partial charge in [0.1, 0.15) is 11.7 Å². The zero-order valence-electron chi connectivity index (χ0n) is 13.0. The van der Waals surface area contributed by atoms with Gasteiger partial charge in [-0.05, 0) is 31.4 Å². The normalized spacial score (nSPS) is 12.5. The summed E-state index contributed by atoms with van der Waals surface area (Å²) < 4.78 is 1.91. The second kappa shape index (κ2) is 6.60. The fourth-order valence-electron chi connectivity index (χ4n) is 2.39. The summed E-state index contributed by atoms with van der Waals surface area (Å²) in [6.07, 6.45) is 2.29. The number of pyridine rings is 1. The number of fused-ring (bicyclic) bond motifs is 1. The first-order chi connectivity index (χ1) is 10.4. The maximum atomic E-state index is 12.0. The Labute approximate surface area is 129 Å². The van der Waals surface area contributed by atoms with E-state index >= 15 is 0 Å². The topological polar surface area (TPSA) is 83.7 Å². The van der Waals surface area contributed by atoms with Crippen molar-refractivity contribution in [2.24, 2.45) is 5.92 Å². The van der Waals surface area contributed by atoms with Gasteiger partial charge in [-0.25, -0.2) is 9.78 Å². The number of aromatic nitrogens is 2. The molecule has 6 nitrogen and oxygen atoms in total. The third-order valence-electron chi connectivity index (χ3n) is 3.43. The maximum absolute atomic E-state index is 12.0. The van der Waals surface area contributed by atoms with Crippen molar-refractivity contribution in [3.05, 3.63) is 35.8 Å². The number of aliphatic carboxylic acids is 1. The average Bonchev–Trinajstić information content (AvgIpc) is 2.81. The Bertz CT molecular complexity index is 691. The molecule has 2 aromatic heterocycles. The summed E-state index contributed by atoms with van der Waals surface area (Å²) in [5, 5.41) is 11.7. The monoisotopic (exact) mass is 303 g/mol. The molecule has 2 N–H and O–H groups in total. The summed E-state index contributed by atoms with van der Waals surface area (Å²) in [7, 11) is 0. The molecular formula is C16H21N3O3. The van der Waals surface area contributed by atoms with Crippen molar-refractivity contribution in [3.63, 3.8) is 0 Å². The van der Waals surface area contributed by atoms with Crippen molar-refractivity contribution in [2.75, 3.05) is 0 Å². The SMILES string of the molecule is Cc1cccc2nc(CC(=O)NC(CC(C)C)C(=O)O)cn12. The lowest BCUT2D eigenvalue weighted by atomic mass is 10.0. The van der Waals surface area contributed by atoms with Crippen LogP contribution in [0.15, 0.2) is 24.4 Å². The highest BCUT2D eigenvalue weighted by Crippen LogP contribution is 2.10. The molecule has 2 aromatic rings. The second-order valence-corrected chi connectivity index (χ2v) is 5.89. The van der Waals surface area contributed by atoms with Crippen LogP contribution in [0.5, 0.6) is 0 Å². The minimum absolute atomic E-state index is 0.0724. The standard InChI is InChI=1S/C16H21N3O3/c1-10(2)7-13(16(21)22)18-15(20)8-12-9-19-11(3)5-4-6-14(19)17-12/h4-6,9-10,13H,7-8H2,1-3H3,(H,18,20)(H,21,22). The van der Waals surface area contributed by atoms with Crippen LogP contribution in [-0.2, 0) is 16.0 Å². The van der Waals surface area contributed by atoms with Gasteiger partial charge in [-0.2, -0.15) is 0 Å². The molecule has 0 saturated heterocycles. The van der Waals surface area contributed by atoms with Crippen LogP contribution in [0.2, 0.25) is 0 Å². The van der Waals surface area contributed by atoms with Gasteiger partial charge in [0.05, 0.1) is 12.1 Å². The molecule has 0 bridgehead atoms. The molecule has 0 radical (unpaired) electrons. The molecule has 0 saturated carbocycles. The second-order valence-electron chi connectivity index (χ2n) is 5.89. The van der Waals surface area contributed by atoms with Gasteiger partial charge in [-0.1, -0.05) is 19.9 Å². The highest BCUT2D eigenvalue weighted by Gasteiger charge is 2.21. The average molecular weight is 303 g/mol. The predicted molar refractivity (Wildman–Crippen MR) is 82.7 cm³/mol. The number of amides is 1. The molecule has 2 rings (SSSR count). The number of hydrogen-bond donors (Lipinski definition) is 2. The number of carboxylic acids is 1. The third kappa shape index (κ3) is 3.84. The van der Waals surface area contributed by atoms with E-state index < -0.39 is 12.0 Å². The fourth-order valence-corrected chi connectivity index (χ4v) is 2.39. The lowest BCUT2D eigenvalue weighted by molar-refractivity contribution is -0.142. The fraction of sp³-hybridized carbons (Fsp3) is 0.438. The Morgan fingerprint density at radius 2 is 2.09 bits per heavy atom. The number of aryl methyl sites for hydroxylation is 1. The smallest absolute Gasteiger partial charge is 0.326 e. The van der Waals surface area contributed by atoms with E-state index in [2.05, 4.69) is 10.3 Å². The summed E-state index contributed by atoms with van der Waals surface area (Å²) >= 11 is 0. The molecule has 22 heavy (non-hydrogen) atoms. The molecule has 0 aliphatic carbocycles. The predicted octanol–water partition coefficient (Wildman–Crippen LogP) is 1.80. The summed E-state index contributed by atoms with van der Waals surface area (Å²) in [6, 6.07) is 4.88. The van der Waals surface area contributed by atoms with Crippen molar-refractivity contribution in [2.45, 2.75) is 39.7 Å². The van der Waals surface area contributed by atoms with Crippen LogP contribution in [0.3, 0.4) is 0 Å². The van der Waals surface area contributed by atoms with Gasteiger partial charge in [-0.3, -0.25) is 4.79 Å². The van der Waals surface area contributed by atoms with Gasteiger partial charge < -0.3 is 14.8 Å². The van der Waals surface area contributed by atoms with Crippen molar-refractivity contribution < 1.29 is 14.7 Å². The van der Waals surface area contributed by atoms with Crippen LogP contribution < -0.4 is 5.32 Å². The molecule has 6 heteroatoms. The van der Waals surface area contributed by atoms with E-state index in [9.17, 15) is 9.59 Å². The summed E-state index contributed by atoms with van der Waals surface area (Å²) in [6.45, 7) is 5.81. The van der Waals surface area contributed by atoms with Crippen LogP contribution in [0.4, 0.5) is 0 Å². The Hall–Kier alpha value is -2.37. The van der Waals surface area contributed by atoms with Crippen LogP contribution >= 0.6 is 0 Å². The van der Waals surface area contributed by atoms with Crippen LogP contribution in [0, 0.1) is 12.8 Å². The van der Waals surface area contributed by atoms with E-state index in [0.717, 1.165) is 11.3 Å². The lowest BCUT2D eigenvalue weighted by Crippen LogP contribution is -2.42. The first-order valence-electron chi connectivity index (χ1n) is 7.32. The maximum Gasteiger partial charge on any atom is 0.326 e. The quantitative estimate of drug-likeness (QED) is 0.852. The number of imidazole rings is 1. The van der Waals surface area contributed by atoms with Gasteiger partial charge in [0.15, 0.2) is 0 Å². The number of nitrogens with one attached hydrogen (secondary N) is 1. The lowest BCUT2D eigenvalue weighted by Gasteiger charge is -2.16. The first-order valence-corrected chi connectivity index (χ1v) is 7.32. The molecule has 0 aromatic carbocycles. The van der Waals surface area contributed by atoms with Crippen LogP contribution in [0.1, 0.15) is 31.7 Å². The number of rotatable bonds is 6. The molecule has 0 aliphatic heterocycles. The molecule has 1 unspecified atom stereocenters. The minimum atomic E-state index is -1.01. The van der Waals surface area contributed by atoms with Crippen molar-refractivity contribution >= 4 is 17.5 Å². The zero-order chi connectivity index (χ0) is 16.3. The molecule has 0 fully saturated rings. The number of carbonyl (C=O) groups excluding carboxylic acids is 1. The van der Waals surface area contributed by atoms with Crippen molar-refractivity contribution in [1.29, 1.82) is 0 Å². The van der Waals surface area contributed by atoms with Crippen LogP contribution in [-0.4, -0.2) is 32.4 Å². The number of carboxylic acid groups (broad SMARTS) is 1.